The summed E-state index contributed by atoms with van der Waals surface area (Å²) in [5.74, 6) is 0. The van der Waals surface area contributed by atoms with Crippen LogP contribution in [-0.4, -0.2) is 0 Å². The number of hydrogen-bond donors (Lipinski definition) is 1. The van der Waals surface area contributed by atoms with E-state index in [1.807, 2.05) is 0 Å². The Hall–Kier alpha value is -0.860. The van der Waals surface area contributed by atoms with Gasteiger partial charge in [-0.05, 0) is 36.6 Å². The maximum absolute atomic E-state index is 4.17. The van der Waals surface area contributed by atoms with Crippen LogP contribution in [0.3, 0.4) is 0 Å². The van der Waals surface area contributed by atoms with Crippen LogP contribution in [0.4, 0.5) is 0 Å². The number of aryl methyl sites for hydroxylation is 1. The van der Waals surface area contributed by atoms with E-state index in [4.69, 9.17) is 0 Å². The minimum atomic E-state index is 0.998. The van der Waals surface area contributed by atoms with E-state index in [-0.39, 0.29) is 0 Å². The summed E-state index contributed by atoms with van der Waals surface area (Å²) in [6, 6.07) is 17.3. The van der Waals surface area contributed by atoms with Gasteiger partial charge in [-0.15, -0.1) is 11.7 Å². The molecule has 0 aliphatic carbocycles. The minimum absolute atomic E-state index is 0.998. The monoisotopic (exact) mass is 246 g/mol. The summed E-state index contributed by atoms with van der Waals surface area (Å²) in [6.45, 7) is 2.11. The van der Waals surface area contributed by atoms with Crippen molar-refractivity contribution >= 4 is 22.5 Å². The summed E-state index contributed by atoms with van der Waals surface area (Å²) in [5, 5.41) is 0. The maximum atomic E-state index is 4.17. The molecule has 2 heteroatoms. The molecule has 0 fully saturated rings. The Kier molecular flexibility index (Phi) is 3.97. The highest BCUT2D eigenvalue weighted by molar-refractivity contribution is 8.68. The second kappa shape index (κ2) is 5.46. The Morgan fingerprint density at radius 2 is 1.38 bits per heavy atom. The zero-order chi connectivity index (χ0) is 11.4. The van der Waals surface area contributed by atoms with Gasteiger partial charge in [0.05, 0.1) is 0 Å². The van der Waals surface area contributed by atoms with Crippen molar-refractivity contribution < 1.29 is 0 Å². The third-order valence-corrected chi connectivity index (χ3v) is 3.67. The highest BCUT2D eigenvalue weighted by Gasteiger charge is 1.96. The Morgan fingerprint density at radius 1 is 0.875 bits per heavy atom. The molecule has 0 saturated heterocycles. The van der Waals surface area contributed by atoms with Gasteiger partial charge in [0.2, 0.25) is 0 Å². The lowest BCUT2D eigenvalue weighted by molar-refractivity contribution is 1.18. The molecule has 0 aliphatic rings. The average Bonchev–Trinajstić information content (AvgIpc) is 2.33. The van der Waals surface area contributed by atoms with Gasteiger partial charge in [0.25, 0.3) is 0 Å². The van der Waals surface area contributed by atoms with E-state index >= 15 is 0 Å². The zero-order valence-corrected chi connectivity index (χ0v) is 10.9. The first-order chi connectivity index (χ1) is 7.78. The van der Waals surface area contributed by atoms with Crippen molar-refractivity contribution in [2.45, 2.75) is 18.2 Å². The van der Waals surface area contributed by atoms with Crippen molar-refractivity contribution in [3.63, 3.8) is 0 Å². The molecule has 0 aliphatic heterocycles. The number of rotatable bonds is 3. The van der Waals surface area contributed by atoms with E-state index in [0.29, 0.717) is 0 Å². The summed E-state index contributed by atoms with van der Waals surface area (Å²) < 4.78 is 0. The van der Waals surface area contributed by atoms with Gasteiger partial charge in [0, 0.05) is 4.90 Å². The molecule has 82 valence electrons. The molecule has 0 saturated carbocycles. The summed E-state index contributed by atoms with van der Waals surface area (Å²) in [6.07, 6.45) is 0.998. The normalized spacial score (nSPS) is 10.4. The molecule has 0 aromatic heterocycles. The summed E-state index contributed by atoms with van der Waals surface area (Å²) in [4.78, 5) is 1.19. The molecule has 2 aromatic rings. The summed E-state index contributed by atoms with van der Waals surface area (Å²) in [7, 11) is 1.48. The number of benzene rings is 2. The van der Waals surface area contributed by atoms with Crippen LogP contribution in [0.25, 0.3) is 0 Å². The summed E-state index contributed by atoms with van der Waals surface area (Å²) >= 11 is 4.17. The van der Waals surface area contributed by atoms with Crippen LogP contribution in [0.5, 0.6) is 0 Å². The van der Waals surface area contributed by atoms with Crippen molar-refractivity contribution in [3.8, 4) is 0 Å². The summed E-state index contributed by atoms with van der Waals surface area (Å²) in [5.41, 5.74) is 4.01. The lowest BCUT2D eigenvalue weighted by Crippen LogP contribution is -1.87. The van der Waals surface area contributed by atoms with Crippen LogP contribution in [0.2, 0.25) is 0 Å². The van der Waals surface area contributed by atoms with Crippen LogP contribution >= 0.6 is 22.5 Å². The third kappa shape index (κ3) is 3.06. The first-order valence-electron chi connectivity index (χ1n) is 5.24. The van der Waals surface area contributed by atoms with Crippen molar-refractivity contribution in [2.24, 2.45) is 0 Å². The zero-order valence-electron chi connectivity index (χ0n) is 9.18. The maximum Gasteiger partial charge on any atom is 0.0180 e. The number of hydrogen-bond acceptors (Lipinski definition) is 2. The standard InChI is InChI=1S/C14H14S2/c1-11-2-4-12(5-3-11)10-13-6-8-14(16-15)9-7-13/h2-9,15H,10H2,1H3. The molecule has 0 heterocycles. The van der Waals surface area contributed by atoms with Gasteiger partial charge in [-0.3, -0.25) is 0 Å². The molecule has 2 aromatic carbocycles. The van der Waals surface area contributed by atoms with Crippen molar-refractivity contribution in [3.05, 3.63) is 65.2 Å². The Balaban J connectivity index is 2.11. The van der Waals surface area contributed by atoms with E-state index < -0.39 is 0 Å². The molecule has 0 atom stereocenters. The fourth-order valence-corrected chi connectivity index (χ4v) is 2.23. The van der Waals surface area contributed by atoms with Crippen LogP contribution in [0.15, 0.2) is 53.4 Å². The second-order valence-corrected chi connectivity index (χ2v) is 5.10. The first kappa shape index (κ1) is 11.6. The molecule has 16 heavy (non-hydrogen) atoms. The average molecular weight is 246 g/mol. The largest absolute Gasteiger partial charge is 0.106 e. The van der Waals surface area contributed by atoms with Crippen molar-refractivity contribution in [1.82, 2.24) is 0 Å². The highest BCUT2D eigenvalue weighted by Crippen LogP contribution is 2.22. The minimum Gasteiger partial charge on any atom is -0.106 e. The van der Waals surface area contributed by atoms with Gasteiger partial charge < -0.3 is 0 Å². The van der Waals surface area contributed by atoms with Gasteiger partial charge in [-0.2, -0.15) is 0 Å². The molecule has 0 nitrogen and oxygen atoms in total. The SMILES string of the molecule is Cc1ccc(Cc2ccc(SS)cc2)cc1. The molecule has 0 spiro atoms. The van der Waals surface area contributed by atoms with Crippen molar-refractivity contribution in [1.29, 1.82) is 0 Å². The van der Waals surface area contributed by atoms with Crippen LogP contribution in [-0.2, 0) is 6.42 Å². The van der Waals surface area contributed by atoms with Gasteiger partial charge in [0.1, 0.15) is 0 Å². The van der Waals surface area contributed by atoms with Crippen LogP contribution in [0, 0.1) is 6.92 Å². The van der Waals surface area contributed by atoms with E-state index in [0.717, 1.165) is 6.42 Å². The molecule has 0 bridgehead atoms. The third-order valence-electron chi connectivity index (χ3n) is 2.56. The van der Waals surface area contributed by atoms with E-state index in [1.54, 1.807) is 0 Å². The van der Waals surface area contributed by atoms with E-state index in [9.17, 15) is 0 Å². The Bertz CT molecular complexity index is 443. The predicted octanol–water partition coefficient (Wildman–Crippen LogP) is 4.52. The molecular weight excluding hydrogens is 232 g/mol. The Labute approximate surface area is 106 Å². The quantitative estimate of drug-likeness (QED) is 0.613. The fourth-order valence-electron chi connectivity index (χ4n) is 1.61. The van der Waals surface area contributed by atoms with Crippen LogP contribution in [0.1, 0.15) is 16.7 Å². The number of thiol groups is 1. The fraction of sp³-hybridized carbons (Fsp3) is 0.143. The lowest BCUT2D eigenvalue weighted by atomic mass is 10.0. The molecular formula is C14H14S2. The Morgan fingerprint density at radius 3 is 1.88 bits per heavy atom. The predicted molar refractivity (Wildman–Crippen MR) is 75.3 cm³/mol. The molecule has 0 N–H and O–H groups in total. The highest BCUT2D eigenvalue weighted by atomic mass is 33.1. The van der Waals surface area contributed by atoms with Gasteiger partial charge >= 0.3 is 0 Å². The van der Waals surface area contributed by atoms with Crippen molar-refractivity contribution in [2.75, 3.05) is 0 Å². The molecule has 0 amide bonds. The van der Waals surface area contributed by atoms with E-state index in [2.05, 4.69) is 67.1 Å². The van der Waals surface area contributed by atoms with Gasteiger partial charge in [0.15, 0.2) is 0 Å². The van der Waals surface area contributed by atoms with Crippen LogP contribution < -0.4 is 0 Å². The molecule has 0 unspecified atom stereocenters. The molecule has 0 radical (unpaired) electrons. The lowest BCUT2D eigenvalue weighted by Gasteiger charge is -2.03. The first-order valence-corrected chi connectivity index (χ1v) is 7.11. The van der Waals surface area contributed by atoms with E-state index in [1.165, 1.54) is 32.4 Å². The molecule has 2 rings (SSSR count). The van der Waals surface area contributed by atoms with Gasteiger partial charge in [-0.25, -0.2) is 0 Å². The topological polar surface area (TPSA) is 0 Å². The second-order valence-electron chi connectivity index (χ2n) is 3.90. The van der Waals surface area contributed by atoms with Gasteiger partial charge in [-0.1, -0.05) is 52.8 Å². The smallest absolute Gasteiger partial charge is 0.0180 e.